The molecule has 0 fully saturated rings. The van der Waals surface area contributed by atoms with Gasteiger partial charge in [-0.1, -0.05) is 0 Å². The van der Waals surface area contributed by atoms with Gasteiger partial charge in [0, 0.05) is 38.5 Å². The van der Waals surface area contributed by atoms with E-state index in [2.05, 4.69) is 9.83 Å². The molecule has 1 aromatic heterocycles. The summed E-state index contributed by atoms with van der Waals surface area (Å²) in [7, 11) is 0. The molecule has 6 nitrogen and oxygen atoms in total. The highest BCUT2D eigenvalue weighted by Crippen LogP contribution is 2.36. The van der Waals surface area contributed by atoms with Gasteiger partial charge in [0.15, 0.2) is 0 Å². The maximum Gasteiger partial charge on any atom is 0.322 e. The monoisotopic (exact) mass is 325 g/mol. The summed E-state index contributed by atoms with van der Waals surface area (Å²) in [6.07, 6.45) is 5.69. The first-order chi connectivity index (χ1) is 10.3. The summed E-state index contributed by atoms with van der Waals surface area (Å²) in [6, 6.07) is 0. The van der Waals surface area contributed by atoms with E-state index in [-0.39, 0.29) is 19.2 Å². The molecule has 1 heterocycles. The van der Waals surface area contributed by atoms with Crippen molar-refractivity contribution in [2.45, 2.75) is 44.0 Å². The molecule has 0 aliphatic rings. The van der Waals surface area contributed by atoms with Gasteiger partial charge in [0.2, 0.25) is 5.54 Å². The average Bonchev–Trinajstić information content (AvgIpc) is 2.97. The summed E-state index contributed by atoms with van der Waals surface area (Å²) in [4.78, 5) is 19.9. The van der Waals surface area contributed by atoms with Gasteiger partial charge < -0.3 is 19.3 Å². The zero-order valence-corrected chi connectivity index (χ0v) is 14.1. The van der Waals surface area contributed by atoms with E-state index in [1.165, 1.54) is 11.8 Å². The molecule has 0 saturated carbocycles. The van der Waals surface area contributed by atoms with Gasteiger partial charge in [-0.25, -0.2) is 11.6 Å². The fraction of sp³-hybridized carbons (Fsp3) is 0.667. The Hall–Kier alpha value is -1.52. The first-order valence-electron chi connectivity index (χ1n) is 7.09. The highest BCUT2D eigenvalue weighted by Gasteiger charge is 2.43. The van der Waals surface area contributed by atoms with Crippen molar-refractivity contribution in [3.8, 4) is 0 Å². The van der Waals surface area contributed by atoms with Crippen LogP contribution in [0.3, 0.4) is 0 Å². The lowest BCUT2D eigenvalue weighted by molar-refractivity contribution is -0.147. The van der Waals surface area contributed by atoms with Crippen LogP contribution in [0.5, 0.6) is 0 Å². The molecule has 0 aliphatic heterocycles. The van der Waals surface area contributed by atoms with Gasteiger partial charge in [-0.05, 0) is 6.92 Å². The van der Waals surface area contributed by atoms with Crippen molar-refractivity contribution in [2.75, 3.05) is 19.0 Å². The topological polar surface area (TPSA) is 68.7 Å². The Bertz CT molecular complexity index is 511. The molecular weight excluding hydrogens is 302 g/mol. The second-order valence-corrected chi connectivity index (χ2v) is 7.44. The molecule has 0 bridgehead atoms. The molecule has 122 valence electrons. The molecule has 0 radical (unpaired) electrons. The van der Waals surface area contributed by atoms with Crippen LogP contribution in [0.25, 0.3) is 4.85 Å². The molecule has 1 rings (SSSR count). The van der Waals surface area contributed by atoms with Gasteiger partial charge in [-0.2, -0.15) is 0 Å². The number of carbonyl (C=O) groups excluding carboxylic acids is 1. The number of rotatable bonds is 9. The maximum absolute atomic E-state index is 12.3. The van der Waals surface area contributed by atoms with Crippen LogP contribution in [0.4, 0.5) is 0 Å². The molecule has 1 N–H and O–H groups in total. The van der Waals surface area contributed by atoms with Gasteiger partial charge in [-0.15, -0.1) is 11.8 Å². The van der Waals surface area contributed by atoms with Crippen LogP contribution >= 0.6 is 11.8 Å². The zero-order chi connectivity index (χ0) is 16.6. The lowest BCUT2D eigenvalue weighted by Gasteiger charge is -2.29. The molecule has 1 aromatic rings. The Morgan fingerprint density at radius 2 is 2.23 bits per heavy atom. The summed E-state index contributed by atoms with van der Waals surface area (Å²) in [5, 5.41) is 8.82. The van der Waals surface area contributed by atoms with Crippen LogP contribution in [0.1, 0.15) is 27.2 Å². The Kier molecular flexibility index (Phi) is 6.91. The van der Waals surface area contributed by atoms with Crippen molar-refractivity contribution < 1.29 is 14.6 Å². The average molecular weight is 325 g/mol. The Balaban J connectivity index is 2.72. The predicted molar refractivity (Wildman–Crippen MR) is 86.4 cm³/mol. The number of hydrogen-bond donors (Lipinski definition) is 1. The predicted octanol–water partition coefficient (Wildman–Crippen LogP) is 2.00. The smallest absolute Gasteiger partial charge is 0.322 e. The normalized spacial score (nSPS) is 14.1. The van der Waals surface area contributed by atoms with E-state index in [0.717, 1.165) is 6.54 Å². The SMILES string of the molecule is [C-]#[N+]C(C)(C)CC(C)(SCCn1ccnc1)C(=O)OCCO. The quantitative estimate of drug-likeness (QED) is 0.555. The van der Waals surface area contributed by atoms with Crippen LogP contribution in [0.15, 0.2) is 18.7 Å². The summed E-state index contributed by atoms with van der Waals surface area (Å²) in [5.41, 5.74) is -0.644. The molecule has 1 atom stereocenters. The minimum atomic E-state index is -0.816. The van der Waals surface area contributed by atoms with Crippen LogP contribution in [-0.2, 0) is 16.1 Å². The standard InChI is InChI=1S/C15H23N3O3S/c1-14(2,16-4)11-15(3,13(20)21-9-8-19)22-10-7-18-6-5-17-12-18/h5-6,12,19H,7-11H2,1-3H3. The second-order valence-electron chi connectivity index (χ2n) is 5.84. The Morgan fingerprint density at radius 3 is 2.77 bits per heavy atom. The maximum atomic E-state index is 12.3. The van der Waals surface area contributed by atoms with Gasteiger partial charge in [0.05, 0.1) is 19.4 Å². The fourth-order valence-corrected chi connectivity index (χ4v) is 3.52. The van der Waals surface area contributed by atoms with E-state index in [1.54, 1.807) is 19.4 Å². The fourth-order valence-electron chi connectivity index (χ4n) is 2.13. The number of aliphatic hydroxyl groups is 1. The van der Waals surface area contributed by atoms with Crippen LogP contribution in [0.2, 0.25) is 0 Å². The Labute approximate surface area is 135 Å². The van der Waals surface area contributed by atoms with Crippen molar-refractivity contribution in [2.24, 2.45) is 0 Å². The number of ether oxygens (including phenoxy) is 1. The number of aryl methyl sites for hydroxylation is 1. The number of nitrogens with zero attached hydrogens (tertiary/aromatic N) is 3. The lowest BCUT2D eigenvalue weighted by Crippen LogP contribution is -2.40. The van der Waals surface area contributed by atoms with Crippen molar-refractivity contribution in [1.29, 1.82) is 0 Å². The van der Waals surface area contributed by atoms with E-state index in [0.29, 0.717) is 12.2 Å². The highest BCUT2D eigenvalue weighted by molar-refractivity contribution is 8.01. The van der Waals surface area contributed by atoms with Crippen LogP contribution in [-0.4, -0.2) is 49.9 Å². The molecule has 7 heteroatoms. The molecule has 0 saturated heterocycles. The number of thioether (sulfide) groups is 1. The van der Waals surface area contributed by atoms with Crippen molar-refractivity contribution in [3.63, 3.8) is 0 Å². The van der Waals surface area contributed by atoms with E-state index < -0.39 is 10.3 Å². The minimum absolute atomic E-state index is 0.0189. The van der Waals surface area contributed by atoms with Gasteiger partial charge in [0.1, 0.15) is 11.4 Å². The summed E-state index contributed by atoms with van der Waals surface area (Å²) < 4.78 is 6.22. The van der Waals surface area contributed by atoms with E-state index in [9.17, 15) is 4.79 Å². The number of hydrogen-bond acceptors (Lipinski definition) is 5. The number of esters is 1. The first-order valence-corrected chi connectivity index (χ1v) is 8.08. The summed E-state index contributed by atoms with van der Waals surface area (Å²) in [5.74, 6) is 0.323. The number of carbonyl (C=O) groups is 1. The molecule has 1 unspecified atom stereocenters. The molecule has 0 aromatic carbocycles. The third kappa shape index (κ3) is 5.70. The second kappa shape index (κ2) is 8.20. The summed E-state index contributed by atoms with van der Waals surface area (Å²) >= 11 is 1.47. The van der Waals surface area contributed by atoms with Crippen LogP contribution in [0, 0.1) is 6.57 Å². The number of imidazole rings is 1. The van der Waals surface area contributed by atoms with Crippen LogP contribution < -0.4 is 0 Å². The molecule has 22 heavy (non-hydrogen) atoms. The van der Waals surface area contributed by atoms with Crippen molar-refractivity contribution >= 4 is 17.7 Å². The first kappa shape index (κ1) is 18.5. The van der Waals surface area contributed by atoms with Gasteiger partial charge >= 0.3 is 5.97 Å². The molecular formula is C15H23N3O3S. The third-order valence-corrected chi connectivity index (χ3v) is 4.49. The minimum Gasteiger partial charge on any atom is -0.462 e. The molecule has 0 aliphatic carbocycles. The zero-order valence-electron chi connectivity index (χ0n) is 13.3. The van der Waals surface area contributed by atoms with Gasteiger partial charge in [-0.3, -0.25) is 4.79 Å². The molecule has 0 spiro atoms. The number of aromatic nitrogens is 2. The molecule has 0 amide bonds. The lowest BCUT2D eigenvalue weighted by atomic mass is 9.92. The Morgan fingerprint density at radius 1 is 1.50 bits per heavy atom. The van der Waals surface area contributed by atoms with E-state index >= 15 is 0 Å². The van der Waals surface area contributed by atoms with Crippen molar-refractivity contribution in [3.05, 3.63) is 30.1 Å². The van der Waals surface area contributed by atoms with Gasteiger partial charge in [0.25, 0.3) is 0 Å². The van der Waals surface area contributed by atoms with E-state index in [4.69, 9.17) is 16.4 Å². The third-order valence-electron chi connectivity index (χ3n) is 3.16. The van der Waals surface area contributed by atoms with Crippen molar-refractivity contribution in [1.82, 2.24) is 9.55 Å². The highest BCUT2D eigenvalue weighted by atomic mass is 32.2. The number of aliphatic hydroxyl groups excluding tert-OH is 1. The largest absolute Gasteiger partial charge is 0.462 e. The summed E-state index contributed by atoms with van der Waals surface area (Å²) in [6.45, 7) is 13.2. The van der Waals surface area contributed by atoms with E-state index in [1.807, 2.05) is 24.6 Å².